The van der Waals surface area contributed by atoms with Gasteiger partial charge in [0.15, 0.2) is 0 Å². The third-order valence-corrected chi connectivity index (χ3v) is 5.83. The zero-order valence-corrected chi connectivity index (χ0v) is 18.2. The number of hydrogen-bond acceptors (Lipinski definition) is 5. The van der Waals surface area contributed by atoms with Crippen molar-refractivity contribution in [2.75, 3.05) is 12.9 Å². The van der Waals surface area contributed by atoms with Gasteiger partial charge in [-0.05, 0) is 48.3 Å². The summed E-state index contributed by atoms with van der Waals surface area (Å²) in [4.78, 5) is 21.7. The van der Waals surface area contributed by atoms with Crippen LogP contribution in [0.3, 0.4) is 0 Å². The number of rotatable bonds is 9. The van der Waals surface area contributed by atoms with E-state index >= 15 is 0 Å². The van der Waals surface area contributed by atoms with Crippen LogP contribution in [0, 0.1) is 0 Å². The quantitative estimate of drug-likeness (QED) is 0.511. The van der Waals surface area contributed by atoms with Crippen LogP contribution in [-0.2, 0) is 6.42 Å². The fraction of sp³-hybridized carbons (Fsp3) is 0.292. The maximum atomic E-state index is 12.7. The van der Waals surface area contributed by atoms with Crippen LogP contribution in [0.15, 0.2) is 71.4 Å². The Kier molecular flexibility index (Phi) is 7.60. The molecule has 30 heavy (non-hydrogen) atoms. The Morgan fingerprint density at radius 3 is 2.67 bits per heavy atom. The van der Waals surface area contributed by atoms with Crippen molar-refractivity contribution in [3.05, 3.63) is 83.0 Å². The molecule has 1 atom stereocenters. The average Bonchev–Trinajstić information content (AvgIpc) is 2.78. The van der Waals surface area contributed by atoms with E-state index in [1.807, 2.05) is 49.7 Å². The van der Waals surface area contributed by atoms with E-state index in [2.05, 4.69) is 22.6 Å². The molecular formula is C24H27N3O2S. The molecule has 0 fully saturated rings. The van der Waals surface area contributed by atoms with E-state index in [4.69, 9.17) is 0 Å². The third kappa shape index (κ3) is 5.07. The van der Waals surface area contributed by atoms with E-state index in [1.54, 1.807) is 28.7 Å². The number of thioether (sulfide) groups is 1. The highest BCUT2D eigenvalue weighted by molar-refractivity contribution is 7.98. The second-order valence-electron chi connectivity index (χ2n) is 7.13. The summed E-state index contributed by atoms with van der Waals surface area (Å²) < 4.78 is 1.61. The number of aromatic nitrogens is 3. The van der Waals surface area contributed by atoms with Crippen molar-refractivity contribution >= 4 is 17.3 Å². The van der Waals surface area contributed by atoms with Gasteiger partial charge in [0, 0.05) is 30.5 Å². The Bertz CT molecular complexity index is 1060. The van der Waals surface area contributed by atoms with Crippen LogP contribution in [0.2, 0.25) is 0 Å². The first-order chi connectivity index (χ1) is 14.6. The van der Waals surface area contributed by atoms with Crippen LogP contribution in [0.1, 0.15) is 36.9 Å². The molecule has 5 nitrogen and oxygen atoms in total. The molecular weight excluding hydrogens is 394 g/mol. The predicted octanol–water partition coefficient (Wildman–Crippen LogP) is 4.62. The molecule has 156 valence electrons. The van der Waals surface area contributed by atoms with Crippen LogP contribution in [0.5, 0.6) is 0 Å². The molecule has 0 spiro atoms. The van der Waals surface area contributed by atoms with Crippen molar-refractivity contribution in [3.63, 3.8) is 0 Å². The van der Waals surface area contributed by atoms with Gasteiger partial charge in [-0.15, -0.1) is 11.8 Å². The SMILES string of the molecule is C=C(Cc1ccc(SC)nc1)c1ccccc1-c1cc(=O)n(C(CC)CCO)cn1. The summed E-state index contributed by atoms with van der Waals surface area (Å²) in [5.41, 5.74) is 4.40. The lowest BCUT2D eigenvalue weighted by atomic mass is 9.94. The molecule has 1 N–H and O–H groups in total. The molecule has 0 amide bonds. The van der Waals surface area contributed by atoms with Crippen molar-refractivity contribution < 1.29 is 5.11 Å². The Balaban J connectivity index is 1.90. The highest BCUT2D eigenvalue weighted by atomic mass is 32.2. The van der Waals surface area contributed by atoms with Crippen LogP contribution in [0.4, 0.5) is 0 Å². The molecule has 3 aromatic rings. The Labute approximate surface area is 181 Å². The summed E-state index contributed by atoms with van der Waals surface area (Å²) in [6.07, 6.45) is 7.44. The van der Waals surface area contributed by atoms with Crippen molar-refractivity contribution in [3.8, 4) is 11.3 Å². The maximum Gasteiger partial charge on any atom is 0.254 e. The second kappa shape index (κ2) is 10.4. The number of aliphatic hydroxyl groups excluding tert-OH is 1. The molecule has 0 aliphatic carbocycles. The molecule has 3 rings (SSSR count). The van der Waals surface area contributed by atoms with Gasteiger partial charge in [-0.2, -0.15) is 0 Å². The van der Waals surface area contributed by atoms with Gasteiger partial charge >= 0.3 is 0 Å². The first-order valence-electron chi connectivity index (χ1n) is 10.0. The fourth-order valence-electron chi connectivity index (χ4n) is 3.51. The van der Waals surface area contributed by atoms with Crippen LogP contribution in [0.25, 0.3) is 16.8 Å². The van der Waals surface area contributed by atoms with Crippen LogP contribution >= 0.6 is 11.8 Å². The zero-order chi connectivity index (χ0) is 21.5. The van der Waals surface area contributed by atoms with Gasteiger partial charge in [0.05, 0.1) is 17.0 Å². The summed E-state index contributed by atoms with van der Waals surface area (Å²) in [6, 6.07) is 13.5. The number of allylic oxidation sites excluding steroid dienone is 1. The minimum atomic E-state index is -0.113. The van der Waals surface area contributed by atoms with Gasteiger partial charge in [-0.3, -0.25) is 9.36 Å². The lowest BCUT2D eigenvalue weighted by molar-refractivity contribution is 0.252. The summed E-state index contributed by atoms with van der Waals surface area (Å²) in [5, 5.41) is 10.2. The van der Waals surface area contributed by atoms with Crippen LogP contribution in [-0.4, -0.2) is 32.5 Å². The number of aliphatic hydroxyl groups is 1. The predicted molar refractivity (Wildman–Crippen MR) is 124 cm³/mol. The molecule has 6 heteroatoms. The molecule has 0 radical (unpaired) electrons. The summed E-state index contributed by atoms with van der Waals surface area (Å²) in [6.45, 7) is 6.33. The first-order valence-corrected chi connectivity index (χ1v) is 11.2. The molecule has 2 heterocycles. The summed E-state index contributed by atoms with van der Waals surface area (Å²) >= 11 is 1.61. The Hall–Kier alpha value is -2.70. The van der Waals surface area contributed by atoms with Crippen molar-refractivity contribution in [1.29, 1.82) is 0 Å². The average molecular weight is 422 g/mol. The number of nitrogens with zero attached hydrogens (tertiary/aromatic N) is 3. The van der Waals surface area contributed by atoms with Crippen LogP contribution < -0.4 is 5.56 Å². The molecule has 2 aromatic heterocycles. The van der Waals surface area contributed by atoms with E-state index < -0.39 is 0 Å². The topological polar surface area (TPSA) is 68.0 Å². The minimum absolute atomic E-state index is 0.0438. The lowest BCUT2D eigenvalue weighted by Crippen LogP contribution is -2.25. The summed E-state index contributed by atoms with van der Waals surface area (Å²) in [7, 11) is 0. The minimum Gasteiger partial charge on any atom is -0.396 e. The van der Waals surface area contributed by atoms with E-state index in [0.717, 1.165) is 33.7 Å². The largest absolute Gasteiger partial charge is 0.396 e. The zero-order valence-electron chi connectivity index (χ0n) is 17.4. The normalized spacial score (nSPS) is 12.0. The van der Waals surface area contributed by atoms with Gasteiger partial charge < -0.3 is 5.11 Å². The van der Waals surface area contributed by atoms with Gasteiger partial charge in [0.2, 0.25) is 0 Å². The molecule has 0 saturated carbocycles. The van der Waals surface area contributed by atoms with E-state index in [1.165, 1.54) is 0 Å². The van der Waals surface area contributed by atoms with Gasteiger partial charge in [0.25, 0.3) is 5.56 Å². The monoisotopic (exact) mass is 421 g/mol. The second-order valence-corrected chi connectivity index (χ2v) is 7.96. The number of benzene rings is 1. The van der Waals surface area contributed by atoms with Gasteiger partial charge in [0.1, 0.15) is 0 Å². The van der Waals surface area contributed by atoms with E-state index in [9.17, 15) is 9.90 Å². The highest BCUT2D eigenvalue weighted by Crippen LogP contribution is 2.28. The van der Waals surface area contributed by atoms with Gasteiger partial charge in [-0.1, -0.05) is 43.8 Å². The summed E-state index contributed by atoms with van der Waals surface area (Å²) in [5.74, 6) is 0. The van der Waals surface area contributed by atoms with Crippen molar-refractivity contribution in [2.24, 2.45) is 0 Å². The van der Waals surface area contributed by atoms with E-state index in [-0.39, 0.29) is 18.2 Å². The van der Waals surface area contributed by atoms with Crippen molar-refractivity contribution in [1.82, 2.24) is 14.5 Å². The molecule has 1 aromatic carbocycles. The molecule has 0 aliphatic rings. The molecule has 0 aliphatic heterocycles. The van der Waals surface area contributed by atoms with Gasteiger partial charge in [-0.25, -0.2) is 9.97 Å². The standard InChI is InChI=1S/C24H27N3O2S/c1-4-19(11-12-28)27-16-26-22(14-24(27)29)21-8-6-5-7-20(21)17(2)13-18-9-10-23(30-3)25-15-18/h5-10,14-16,19,28H,2,4,11-13H2,1,3H3. The van der Waals surface area contributed by atoms with E-state index in [0.29, 0.717) is 18.5 Å². The number of hydrogen-bond donors (Lipinski definition) is 1. The third-order valence-electron chi connectivity index (χ3n) is 5.17. The fourth-order valence-corrected chi connectivity index (χ4v) is 3.88. The molecule has 1 unspecified atom stereocenters. The Morgan fingerprint density at radius 2 is 2.03 bits per heavy atom. The maximum absolute atomic E-state index is 12.7. The smallest absolute Gasteiger partial charge is 0.254 e. The molecule has 0 saturated heterocycles. The lowest BCUT2D eigenvalue weighted by Gasteiger charge is -2.17. The first kappa shape index (κ1) is 22.0. The van der Waals surface area contributed by atoms with Crippen molar-refractivity contribution in [2.45, 2.75) is 37.3 Å². The highest BCUT2D eigenvalue weighted by Gasteiger charge is 2.14. The number of pyridine rings is 1. The molecule has 0 bridgehead atoms. The Morgan fingerprint density at radius 1 is 1.23 bits per heavy atom.